The van der Waals surface area contributed by atoms with Gasteiger partial charge in [0.1, 0.15) is 12.4 Å². The zero-order valence-corrected chi connectivity index (χ0v) is 14.6. The number of hydrogen-bond donors (Lipinski definition) is 2. The molecule has 0 bridgehead atoms. The van der Waals surface area contributed by atoms with E-state index in [-0.39, 0.29) is 12.1 Å². The Morgan fingerprint density at radius 3 is 2.56 bits per heavy atom. The van der Waals surface area contributed by atoms with Crippen molar-refractivity contribution >= 4 is 11.8 Å². The maximum atomic E-state index is 11.8. The summed E-state index contributed by atoms with van der Waals surface area (Å²) in [6.07, 6.45) is 1.44. The van der Waals surface area contributed by atoms with Gasteiger partial charge in [-0.1, -0.05) is 30.3 Å². The number of alkyl carbamates (subject to hydrolysis) is 1. The summed E-state index contributed by atoms with van der Waals surface area (Å²) < 4.78 is 10.5. The molecule has 0 unspecified atom stereocenters. The van der Waals surface area contributed by atoms with Crippen molar-refractivity contribution in [3.8, 4) is 5.75 Å². The normalized spacial score (nSPS) is 18.8. The Kier molecular flexibility index (Phi) is 5.43. The van der Waals surface area contributed by atoms with Gasteiger partial charge in [0.15, 0.2) is 0 Å². The maximum Gasteiger partial charge on any atom is 0.407 e. The second kappa shape index (κ2) is 7.92. The zero-order chi connectivity index (χ0) is 17.6. The van der Waals surface area contributed by atoms with Crippen LogP contribution in [0.15, 0.2) is 48.5 Å². The van der Waals surface area contributed by atoms with Crippen molar-refractivity contribution in [1.82, 2.24) is 5.32 Å². The topological polar surface area (TPSA) is 59.6 Å². The van der Waals surface area contributed by atoms with Crippen LogP contribution in [0.4, 0.5) is 10.5 Å². The predicted octanol–water partition coefficient (Wildman–Crippen LogP) is 3.87. The van der Waals surface area contributed by atoms with Crippen LogP contribution in [-0.4, -0.2) is 25.3 Å². The third kappa shape index (κ3) is 4.66. The number of hydrogen-bond acceptors (Lipinski definition) is 4. The second-order valence-electron chi connectivity index (χ2n) is 6.40. The first-order chi connectivity index (χ1) is 12.1. The monoisotopic (exact) mass is 340 g/mol. The molecule has 3 rings (SSSR count). The van der Waals surface area contributed by atoms with Crippen LogP contribution in [0, 0.1) is 6.92 Å². The molecule has 2 aromatic carbocycles. The minimum Gasteiger partial charge on any atom is -0.497 e. The molecule has 0 aliphatic heterocycles. The fourth-order valence-corrected chi connectivity index (χ4v) is 2.93. The highest BCUT2D eigenvalue weighted by molar-refractivity contribution is 5.68. The molecule has 0 saturated heterocycles. The van der Waals surface area contributed by atoms with Gasteiger partial charge in [0.25, 0.3) is 0 Å². The van der Waals surface area contributed by atoms with E-state index in [1.165, 1.54) is 0 Å². The zero-order valence-electron chi connectivity index (χ0n) is 14.6. The molecule has 0 radical (unpaired) electrons. The molecule has 2 N–H and O–H groups in total. The number of carbonyl (C=O) groups is 1. The van der Waals surface area contributed by atoms with Crippen molar-refractivity contribution in [2.45, 2.75) is 38.5 Å². The summed E-state index contributed by atoms with van der Waals surface area (Å²) in [5, 5.41) is 6.43. The average Bonchev–Trinajstić information content (AvgIpc) is 2.60. The molecule has 1 aliphatic rings. The van der Waals surface area contributed by atoms with Crippen molar-refractivity contribution in [1.29, 1.82) is 0 Å². The number of aryl methyl sites for hydroxylation is 1. The smallest absolute Gasteiger partial charge is 0.407 e. The lowest BCUT2D eigenvalue weighted by Gasteiger charge is -2.37. The second-order valence-corrected chi connectivity index (χ2v) is 6.40. The molecule has 0 atom stereocenters. The lowest BCUT2D eigenvalue weighted by atomic mass is 9.86. The average molecular weight is 340 g/mol. The van der Waals surface area contributed by atoms with Crippen LogP contribution < -0.4 is 15.4 Å². The fraction of sp³-hybridized carbons (Fsp3) is 0.350. The largest absolute Gasteiger partial charge is 0.497 e. The molecule has 5 nitrogen and oxygen atoms in total. The minimum atomic E-state index is -0.354. The standard InChI is InChI=1S/C20H24N2O3/c1-14-10-18(24-2)8-9-19(14)21-16-11-17(12-16)22-20(23)25-13-15-6-4-3-5-7-15/h3-10,16-17,21H,11-13H2,1-2H3,(H,22,23). The van der Waals surface area contributed by atoms with E-state index in [1.54, 1.807) is 7.11 Å². The molecule has 0 heterocycles. The molecule has 25 heavy (non-hydrogen) atoms. The summed E-state index contributed by atoms with van der Waals surface area (Å²) >= 11 is 0. The van der Waals surface area contributed by atoms with Crippen molar-refractivity contribution in [2.75, 3.05) is 12.4 Å². The highest BCUT2D eigenvalue weighted by Crippen LogP contribution is 2.28. The van der Waals surface area contributed by atoms with E-state index < -0.39 is 0 Å². The fourth-order valence-electron chi connectivity index (χ4n) is 2.93. The molecular weight excluding hydrogens is 316 g/mol. The predicted molar refractivity (Wildman–Crippen MR) is 97.9 cm³/mol. The highest BCUT2D eigenvalue weighted by atomic mass is 16.5. The summed E-state index contributed by atoms with van der Waals surface area (Å²) in [6, 6.07) is 16.2. The Morgan fingerprint density at radius 1 is 1.12 bits per heavy atom. The van der Waals surface area contributed by atoms with Crippen LogP contribution in [0.5, 0.6) is 5.75 Å². The minimum absolute atomic E-state index is 0.166. The quantitative estimate of drug-likeness (QED) is 0.838. The number of carbonyl (C=O) groups excluding carboxylic acids is 1. The van der Waals surface area contributed by atoms with Crippen LogP contribution in [-0.2, 0) is 11.3 Å². The Bertz CT molecular complexity index is 712. The van der Waals surface area contributed by atoms with Gasteiger partial charge >= 0.3 is 6.09 Å². The summed E-state index contributed by atoms with van der Waals surface area (Å²) in [6.45, 7) is 2.35. The van der Waals surface area contributed by atoms with Gasteiger partial charge in [-0.2, -0.15) is 0 Å². The number of amides is 1. The van der Waals surface area contributed by atoms with E-state index in [2.05, 4.69) is 17.6 Å². The molecule has 5 heteroatoms. The summed E-state index contributed by atoms with van der Waals surface area (Å²) in [5.41, 5.74) is 3.25. The van der Waals surface area contributed by atoms with Crippen molar-refractivity contribution in [3.05, 3.63) is 59.7 Å². The van der Waals surface area contributed by atoms with Gasteiger partial charge < -0.3 is 20.1 Å². The highest BCUT2D eigenvalue weighted by Gasteiger charge is 2.30. The third-order valence-electron chi connectivity index (χ3n) is 4.47. The van der Waals surface area contributed by atoms with Crippen LogP contribution in [0.1, 0.15) is 24.0 Å². The van der Waals surface area contributed by atoms with E-state index in [4.69, 9.17) is 9.47 Å². The van der Waals surface area contributed by atoms with E-state index in [0.29, 0.717) is 12.6 Å². The molecular formula is C20H24N2O3. The van der Waals surface area contributed by atoms with Gasteiger partial charge in [0.05, 0.1) is 7.11 Å². The number of benzene rings is 2. The SMILES string of the molecule is COc1ccc(NC2CC(NC(=O)OCc3ccccc3)C2)c(C)c1. The van der Waals surface area contributed by atoms with Crippen LogP contribution in [0.3, 0.4) is 0 Å². The van der Waals surface area contributed by atoms with Gasteiger partial charge in [-0.25, -0.2) is 4.79 Å². The van der Waals surface area contributed by atoms with Crippen molar-refractivity contribution < 1.29 is 14.3 Å². The molecule has 0 spiro atoms. The van der Waals surface area contributed by atoms with Gasteiger partial charge in [-0.15, -0.1) is 0 Å². The Morgan fingerprint density at radius 2 is 1.88 bits per heavy atom. The summed E-state index contributed by atoms with van der Waals surface area (Å²) in [5.74, 6) is 0.859. The van der Waals surface area contributed by atoms with Gasteiger partial charge in [-0.05, 0) is 49.1 Å². The van der Waals surface area contributed by atoms with Gasteiger partial charge in [-0.3, -0.25) is 0 Å². The Balaban J connectivity index is 1.38. The number of anilines is 1. The Labute approximate surface area is 148 Å². The molecule has 1 saturated carbocycles. The molecule has 0 aromatic heterocycles. The van der Waals surface area contributed by atoms with Gasteiger partial charge in [0.2, 0.25) is 0 Å². The molecule has 132 valence electrons. The first-order valence-electron chi connectivity index (χ1n) is 8.52. The Hall–Kier alpha value is -2.69. The lowest BCUT2D eigenvalue weighted by molar-refractivity contribution is 0.129. The van der Waals surface area contributed by atoms with Crippen LogP contribution in [0.25, 0.3) is 0 Å². The first kappa shape index (κ1) is 17.1. The van der Waals surface area contributed by atoms with Crippen molar-refractivity contribution in [3.63, 3.8) is 0 Å². The number of nitrogens with one attached hydrogen (secondary N) is 2. The molecule has 1 aliphatic carbocycles. The number of methoxy groups -OCH3 is 1. The molecule has 1 amide bonds. The van der Waals surface area contributed by atoms with Crippen molar-refractivity contribution in [2.24, 2.45) is 0 Å². The van der Waals surface area contributed by atoms with E-state index >= 15 is 0 Å². The maximum absolute atomic E-state index is 11.8. The van der Waals surface area contributed by atoms with Crippen LogP contribution in [0.2, 0.25) is 0 Å². The number of rotatable bonds is 6. The lowest BCUT2D eigenvalue weighted by Crippen LogP contribution is -2.49. The third-order valence-corrected chi connectivity index (χ3v) is 4.47. The molecule has 2 aromatic rings. The van der Waals surface area contributed by atoms with E-state index in [9.17, 15) is 4.79 Å². The molecule has 1 fully saturated rings. The van der Waals surface area contributed by atoms with Crippen LogP contribution >= 0.6 is 0 Å². The van der Waals surface area contributed by atoms with E-state index in [0.717, 1.165) is 35.4 Å². The first-order valence-corrected chi connectivity index (χ1v) is 8.52. The summed E-state index contributed by atoms with van der Waals surface area (Å²) in [7, 11) is 1.67. The van der Waals surface area contributed by atoms with Gasteiger partial charge in [0, 0.05) is 17.8 Å². The van der Waals surface area contributed by atoms with E-state index in [1.807, 2.05) is 48.5 Å². The number of ether oxygens (including phenoxy) is 2. The summed E-state index contributed by atoms with van der Waals surface area (Å²) in [4.78, 5) is 11.8.